The molecule has 0 atom stereocenters. The van der Waals surface area contributed by atoms with Crippen molar-refractivity contribution in [1.82, 2.24) is 9.97 Å². The number of amides is 1. The van der Waals surface area contributed by atoms with Gasteiger partial charge in [-0.3, -0.25) is 4.79 Å². The van der Waals surface area contributed by atoms with Crippen LogP contribution in [0.1, 0.15) is 26.2 Å². The van der Waals surface area contributed by atoms with E-state index in [1.165, 1.54) is 0 Å². The number of rotatable bonds is 8. The smallest absolute Gasteiger partial charge is 0.225 e. The first-order chi connectivity index (χ1) is 10.2. The summed E-state index contributed by atoms with van der Waals surface area (Å²) in [7, 11) is 0. The zero-order valence-electron chi connectivity index (χ0n) is 12.2. The van der Waals surface area contributed by atoms with Crippen LogP contribution in [-0.2, 0) is 4.79 Å². The minimum absolute atomic E-state index is 0.283. The number of carbonyl (C=O) groups is 1. The monoisotopic (exact) mass is 287 g/mol. The lowest BCUT2D eigenvalue weighted by Gasteiger charge is -2.11. The van der Waals surface area contributed by atoms with Crippen molar-refractivity contribution in [2.75, 3.05) is 23.7 Å². The van der Waals surface area contributed by atoms with Crippen LogP contribution in [0.5, 0.6) is 0 Å². The Bertz CT molecular complexity index is 614. The number of carbonyl (C=O) groups excluding carboxylic acids is 1. The highest BCUT2D eigenvalue weighted by Gasteiger charge is 2.06. The third-order valence-electron chi connectivity index (χ3n) is 3.03. The topological polar surface area (TPSA) is 92.9 Å². The van der Waals surface area contributed by atoms with Crippen molar-refractivity contribution in [2.45, 2.75) is 26.2 Å². The third-order valence-corrected chi connectivity index (χ3v) is 3.03. The molecule has 0 fully saturated rings. The fourth-order valence-electron chi connectivity index (χ4n) is 2.00. The summed E-state index contributed by atoms with van der Waals surface area (Å²) in [6, 6.07) is 7.85. The molecule has 0 saturated carbocycles. The molecule has 6 nitrogen and oxygen atoms in total. The van der Waals surface area contributed by atoms with E-state index in [9.17, 15) is 4.79 Å². The second-order valence-electron chi connectivity index (χ2n) is 4.84. The number of benzene rings is 1. The molecule has 1 aromatic heterocycles. The maximum Gasteiger partial charge on any atom is 0.225 e. The molecule has 0 spiro atoms. The van der Waals surface area contributed by atoms with Gasteiger partial charge in [-0.1, -0.05) is 19.1 Å². The summed E-state index contributed by atoms with van der Waals surface area (Å²) < 4.78 is 0. The van der Waals surface area contributed by atoms with Crippen molar-refractivity contribution in [3.8, 4) is 0 Å². The molecule has 0 aliphatic carbocycles. The van der Waals surface area contributed by atoms with Crippen molar-refractivity contribution in [3.05, 3.63) is 24.3 Å². The lowest BCUT2D eigenvalue weighted by Crippen LogP contribution is -2.13. The first kappa shape index (κ1) is 15.0. The highest BCUT2D eigenvalue weighted by Crippen LogP contribution is 2.21. The van der Waals surface area contributed by atoms with Gasteiger partial charge < -0.3 is 16.4 Å². The Kier molecular flexibility index (Phi) is 5.31. The van der Waals surface area contributed by atoms with E-state index in [0.717, 1.165) is 29.7 Å². The first-order valence-corrected chi connectivity index (χ1v) is 7.23. The number of primary amides is 1. The highest BCUT2D eigenvalue weighted by molar-refractivity contribution is 5.90. The van der Waals surface area contributed by atoms with Crippen LogP contribution in [-0.4, -0.2) is 29.0 Å². The zero-order valence-corrected chi connectivity index (χ0v) is 12.2. The number of hydrogen-bond donors (Lipinski definition) is 3. The molecule has 1 heterocycles. The second kappa shape index (κ2) is 7.42. The van der Waals surface area contributed by atoms with E-state index in [2.05, 4.69) is 27.5 Å². The van der Waals surface area contributed by atoms with Crippen LogP contribution in [0, 0.1) is 0 Å². The molecule has 6 heteroatoms. The van der Waals surface area contributed by atoms with Gasteiger partial charge in [-0.15, -0.1) is 0 Å². The van der Waals surface area contributed by atoms with Crippen LogP contribution in [0.2, 0.25) is 0 Å². The molecular formula is C15H21N5O. The van der Waals surface area contributed by atoms with E-state index in [1.54, 1.807) is 0 Å². The molecule has 21 heavy (non-hydrogen) atoms. The lowest BCUT2D eigenvalue weighted by atomic mass is 10.2. The van der Waals surface area contributed by atoms with Gasteiger partial charge in [0.15, 0.2) is 0 Å². The summed E-state index contributed by atoms with van der Waals surface area (Å²) in [5.41, 5.74) is 6.03. The zero-order chi connectivity index (χ0) is 15.1. The number of hydrogen-bond acceptors (Lipinski definition) is 5. The minimum Gasteiger partial charge on any atom is -0.370 e. The number of para-hydroxylation sites is 1. The van der Waals surface area contributed by atoms with Gasteiger partial charge >= 0.3 is 0 Å². The van der Waals surface area contributed by atoms with Gasteiger partial charge in [0.25, 0.3) is 0 Å². The molecule has 0 unspecified atom stereocenters. The second-order valence-corrected chi connectivity index (χ2v) is 4.84. The SMILES string of the molecule is CCCNc1nc(NCCCC(N)=O)c2ccccc2n1. The van der Waals surface area contributed by atoms with Crippen LogP contribution >= 0.6 is 0 Å². The van der Waals surface area contributed by atoms with Crippen molar-refractivity contribution < 1.29 is 4.79 Å². The van der Waals surface area contributed by atoms with E-state index in [0.29, 0.717) is 25.3 Å². The lowest BCUT2D eigenvalue weighted by molar-refractivity contribution is -0.118. The Morgan fingerprint density at radius 1 is 1.19 bits per heavy atom. The van der Waals surface area contributed by atoms with Gasteiger partial charge in [0.05, 0.1) is 5.52 Å². The van der Waals surface area contributed by atoms with Crippen LogP contribution < -0.4 is 16.4 Å². The van der Waals surface area contributed by atoms with Crippen LogP contribution in [0.4, 0.5) is 11.8 Å². The van der Waals surface area contributed by atoms with Crippen molar-refractivity contribution >= 4 is 28.6 Å². The van der Waals surface area contributed by atoms with Gasteiger partial charge in [0.1, 0.15) is 5.82 Å². The number of nitrogens with two attached hydrogens (primary N) is 1. The normalized spacial score (nSPS) is 10.5. The molecule has 1 amide bonds. The number of aromatic nitrogens is 2. The van der Waals surface area contributed by atoms with Crippen molar-refractivity contribution in [2.24, 2.45) is 5.73 Å². The van der Waals surface area contributed by atoms with E-state index in [4.69, 9.17) is 5.73 Å². The van der Waals surface area contributed by atoms with E-state index in [-0.39, 0.29) is 5.91 Å². The predicted molar refractivity (Wildman–Crippen MR) is 85.2 cm³/mol. The number of nitrogens with one attached hydrogen (secondary N) is 2. The van der Waals surface area contributed by atoms with Crippen LogP contribution in [0.3, 0.4) is 0 Å². The molecule has 0 aliphatic heterocycles. The number of anilines is 2. The average molecular weight is 287 g/mol. The maximum atomic E-state index is 10.8. The molecule has 4 N–H and O–H groups in total. The summed E-state index contributed by atoms with van der Waals surface area (Å²) in [4.78, 5) is 19.8. The maximum absolute atomic E-state index is 10.8. The summed E-state index contributed by atoms with van der Waals surface area (Å²) in [5, 5.41) is 7.43. The molecule has 112 valence electrons. The quantitative estimate of drug-likeness (QED) is 0.647. The van der Waals surface area contributed by atoms with E-state index >= 15 is 0 Å². The average Bonchev–Trinajstić information content (AvgIpc) is 2.49. The fraction of sp³-hybridized carbons (Fsp3) is 0.400. The van der Waals surface area contributed by atoms with Crippen LogP contribution in [0.25, 0.3) is 10.9 Å². The predicted octanol–water partition coefficient (Wildman–Crippen LogP) is 2.13. The van der Waals surface area contributed by atoms with Gasteiger partial charge in [-0.2, -0.15) is 4.98 Å². The van der Waals surface area contributed by atoms with Gasteiger partial charge in [0, 0.05) is 24.9 Å². The molecule has 2 aromatic rings. The van der Waals surface area contributed by atoms with Gasteiger partial charge in [0.2, 0.25) is 11.9 Å². The Morgan fingerprint density at radius 3 is 2.76 bits per heavy atom. The Morgan fingerprint density at radius 2 is 2.00 bits per heavy atom. The molecule has 0 bridgehead atoms. The molecule has 1 aromatic carbocycles. The largest absolute Gasteiger partial charge is 0.370 e. The Labute approximate surface area is 124 Å². The first-order valence-electron chi connectivity index (χ1n) is 7.23. The summed E-state index contributed by atoms with van der Waals surface area (Å²) >= 11 is 0. The van der Waals surface area contributed by atoms with Crippen molar-refractivity contribution in [1.29, 1.82) is 0 Å². The third kappa shape index (κ3) is 4.30. The molecular weight excluding hydrogens is 266 g/mol. The minimum atomic E-state index is -0.283. The fourth-order valence-corrected chi connectivity index (χ4v) is 2.00. The van der Waals surface area contributed by atoms with Crippen molar-refractivity contribution in [3.63, 3.8) is 0 Å². The summed E-state index contributed by atoms with van der Waals surface area (Å²) in [5.74, 6) is 1.12. The van der Waals surface area contributed by atoms with Gasteiger partial charge in [-0.05, 0) is 25.0 Å². The molecule has 2 rings (SSSR count). The molecule has 0 aliphatic rings. The number of fused-ring (bicyclic) bond motifs is 1. The number of nitrogens with zero attached hydrogens (tertiary/aromatic N) is 2. The standard InChI is InChI=1S/C15H21N5O/c1-2-9-18-15-19-12-7-4-3-6-11(12)14(20-15)17-10-5-8-13(16)21/h3-4,6-7H,2,5,8-10H2,1H3,(H2,16,21)(H2,17,18,19,20). The van der Waals surface area contributed by atoms with Crippen LogP contribution in [0.15, 0.2) is 24.3 Å². The molecule has 0 radical (unpaired) electrons. The van der Waals surface area contributed by atoms with Gasteiger partial charge in [-0.25, -0.2) is 4.98 Å². The molecule has 0 saturated heterocycles. The Balaban J connectivity index is 2.16. The van der Waals surface area contributed by atoms with E-state index < -0.39 is 0 Å². The highest BCUT2D eigenvalue weighted by atomic mass is 16.1. The Hall–Kier alpha value is -2.37. The van der Waals surface area contributed by atoms with E-state index in [1.807, 2.05) is 24.3 Å². The summed E-state index contributed by atoms with van der Waals surface area (Å²) in [6.45, 7) is 3.58. The summed E-state index contributed by atoms with van der Waals surface area (Å²) in [6.07, 6.45) is 2.07.